The molecule has 3 heterocycles. The number of H-pyrrole nitrogens is 1. The smallest absolute Gasteiger partial charge is 0.160 e. The van der Waals surface area contributed by atoms with Gasteiger partial charge in [0.05, 0.1) is 23.5 Å². The summed E-state index contributed by atoms with van der Waals surface area (Å²) >= 11 is 0. The summed E-state index contributed by atoms with van der Waals surface area (Å²) in [7, 11) is 0. The SMILES string of the molecule is CC(C)n1cc(Nc2ncnc3[nH]ncc23)cn1. The molecule has 0 saturated heterocycles. The van der Waals surface area contributed by atoms with Gasteiger partial charge in [-0.05, 0) is 13.8 Å². The van der Waals surface area contributed by atoms with E-state index in [0.717, 1.165) is 16.9 Å². The van der Waals surface area contributed by atoms with Crippen molar-refractivity contribution in [2.45, 2.75) is 19.9 Å². The molecular weight excluding hydrogens is 230 g/mol. The Morgan fingerprint density at radius 1 is 1.28 bits per heavy atom. The van der Waals surface area contributed by atoms with E-state index in [1.807, 2.05) is 10.9 Å². The fourth-order valence-corrected chi connectivity index (χ4v) is 1.69. The zero-order valence-corrected chi connectivity index (χ0v) is 10.1. The van der Waals surface area contributed by atoms with E-state index in [-0.39, 0.29) is 0 Å². The van der Waals surface area contributed by atoms with Crippen LogP contribution in [-0.2, 0) is 0 Å². The molecule has 7 heteroatoms. The molecule has 0 fully saturated rings. The van der Waals surface area contributed by atoms with Crippen molar-refractivity contribution in [3.05, 3.63) is 24.9 Å². The van der Waals surface area contributed by atoms with Gasteiger partial charge in [-0.15, -0.1) is 0 Å². The summed E-state index contributed by atoms with van der Waals surface area (Å²) in [4.78, 5) is 8.30. The molecule has 92 valence electrons. The Morgan fingerprint density at radius 2 is 2.17 bits per heavy atom. The second-order valence-electron chi connectivity index (χ2n) is 4.28. The molecule has 0 aromatic carbocycles. The number of hydrogen-bond donors (Lipinski definition) is 2. The highest BCUT2D eigenvalue weighted by Gasteiger charge is 2.07. The van der Waals surface area contributed by atoms with E-state index in [9.17, 15) is 0 Å². The number of fused-ring (bicyclic) bond motifs is 1. The Morgan fingerprint density at radius 3 is 2.94 bits per heavy atom. The minimum absolute atomic E-state index is 0.333. The fraction of sp³-hybridized carbons (Fsp3) is 0.273. The summed E-state index contributed by atoms with van der Waals surface area (Å²) < 4.78 is 1.89. The third kappa shape index (κ3) is 1.79. The van der Waals surface area contributed by atoms with Gasteiger partial charge in [0.1, 0.15) is 12.1 Å². The lowest BCUT2D eigenvalue weighted by Crippen LogP contribution is -2.00. The van der Waals surface area contributed by atoms with Crippen LogP contribution in [0.25, 0.3) is 11.0 Å². The van der Waals surface area contributed by atoms with E-state index >= 15 is 0 Å². The van der Waals surface area contributed by atoms with Crippen LogP contribution in [0.4, 0.5) is 11.5 Å². The van der Waals surface area contributed by atoms with Crippen molar-refractivity contribution < 1.29 is 0 Å². The third-order valence-electron chi connectivity index (χ3n) is 2.64. The van der Waals surface area contributed by atoms with Crippen LogP contribution in [0.2, 0.25) is 0 Å². The second-order valence-corrected chi connectivity index (χ2v) is 4.28. The molecular formula is C11H13N7. The molecule has 0 aliphatic rings. The van der Waals surface area contributed by atoms with Gasteiger partial charge in [0, 0.05) is 12.2 Å². The van der Waals surface area contributed by atoms with E-state index < -0.39 is 0 Å². The van der Waals surface area contributed by atoms with Gasteiger partial charge in [-0.25, -0.2) is 9.97 Å². The summed E-state index contributed by atoms with van der Waals surface area (Å²) in [5.41, 5.74) is 1.61. The van der Waals surface area contributed by atoms with Crippen LogP contribution in [0, 0.1) is 0 Å². The Hall–Kier alpha value is -2.44. The van der Waals surface area contributed by atoms with Crippen molar-refractivity contribution in [3.8, 4) is 0 Å². The molecule has 3 aromatic rings. The summed E-state index contributed by atoms with van der Waals surface area (Å²) in [6, 6.07) is 0.333. The Kier molecular flexibility index (Phi) is 2.44. The van der Waals surface area contributed by atoms with Crippen LogP contribution in [0.15, 0.2) is 24.9 Å². The van der Waals surface area contributed by atoms with Gasteiger partial charge in [0.2, 0.25) is 0 Å². The number of nitrogens with one attached hydrogen (secondary N) is 2. The lowest BCUT2D eigenvalue weighted by atomic mass is 10.4. The fourth-order valence-electron chi connectivity index (χ4n) is 1.69. The first kappa shape index (κ1) is 10.7. The number of nitrogens with zero attached hydrogens (tertiary/aromatic N) is 5. The first-order chi connectivity index (χ1) is 8.74. The molecule has 0 atom stereocenters. The highest BCUT2D eigenvalue weighted by Crippen LogP contribution is 2.21. The van der Waals surface area contributed by atoms with Crippen molar-refractivity contribution in [2.24, 2.45) is 0 Å². The van der Waals surface area contributed by atoms with Gasteiger partial charge in [-0.2, -0.15) is 10.2 Å². The third-order valence-corrected chi connectivity index (χ3v) is 2.64. The molecule has 0 aliphatic carbocycles. The van der Waals surface area contributed by atoms with Crippen LogP contribution in [0.1, 0.15) is 19.9 Å². The summed E-state index contributed by atoms with van der Waals surface area (Å²) in [6.45, 7) is 4.16. The summed E-state index contributed by atoms with van der Waals surface area (Å²) in [5.74, 6) is 0.719. The standard InChI is InChI=1S/C11H13N7/c1-7(2)18-5-8(3-15-18)16-10-9-4-14-17-11(9)13-6-12-10/h3-7H,1-2H3,(H2,12,13,14,16,17). The van der Waals surface area contributed by atoms with E-state index in [4.69, 9.17) is 0 Å². The molecule has 18 heavy (non-hydrogen) atoms. The molecule has 0 bridgehead atoms. The van der Waals surface area contributed by atoms with Gasteiger partial charge < -0.3 is 5.32 Å². The molecule has 0 amide bonds. The summed E-state index contributed by atoms with van der Waals surface area (Å²) in [5, 5.41) is 15.1. The maximum absolute atomic E-state index is 4.27. The van der Waals surface area contributed by atoms with Crippen LogP contribution < -0.4 is 5.32 Å². The van der Waals surface area contributed by atoms with Crippen molar-refractivity contribution in [1.29, 1.82) is 0 Å². The minimum Gasteiger partial charge on any atom is -0.337 e. The maximum atomic E-state index is 4.27. The lowest BCUT2D eigenvalue weighted by Gasteiger charge is -2.04. The number of aromatic amines is 1. The normalized spacial score (nSPS) is 11.3. The van der Waals surface area contributed by atoms with Gasteiger partial charge in [-0.1, -0.05) is 0 Å². The van der Waals surface area contributed by atoms with Crippen molar-refractivity contribution in [3.63, 3.8) is 0 Å². The molecule has 0 aliphatic heterocycles. The highest BCUT2D eigenvalue weighted by molar-refractivity contribution is 5.87. The van der Waals surface area contributed by atoms with Crippen LogP contribution in [-0.4, -0.2) is 29.9 Å². The van der Waals surface area contributed by atoms with Gasteiger partial charge in [0.25, 0.3) is 0 Å². The Labute approximate surface area is 103 Å². The molecule has 2 N–H and O–H groups in total. The first-order valence-electron chi connectivity index (χ1n) is 5.69. The molecule has 0 unspecified atom stereocenters. The first-order valence-corrected chi connectivity index (χ1v) is 5.69. The second kappa shape index (κ2) is 4.10. The zero-order valence-electron chi connectivity index (χ0n) is 10.1. The number of hydrogen-bond acceptors (Lipinski definition) is 5. The topological polar surface area (TPSA) is 84.3 Å². The monoisotopic (exact) mass is 243 g/mol. The van der Waals surface area contributed by atoms with Gasteiger partial charge in [0.15, 0.2) is 5.65 Å². The van der Waals surface area contributed by atoms with E-state index in [1.54, 1.807) is 12.4 Å². The Balaban J connectivity index is 1.93. The molecule has 3 rings (SSSR count). The number of aromatic nitrogens is 6. The minimum atomic E-state index is 0.333. The van der Waals surface area contributed by atoms with Crippen LogP contribution in [0.3, 0.4) is 0 Å². The molecule has 3 aromatic heterocycles. The predicted molar refractivity (Wildman–Crippen MR) is 67.6 cm³/mol. The molecule has 0 spiro atoms. The number of anilines is 2. The zero-order chi connectivity index (χ0) is 12.5. The van der Waals surface area contributed by atoms with Gasteiger partial charge in [-0.3, -0.25) is 9.78 Å². The van der Waals surface area contributed by atoms with Gasteiger partial charge >= 0.3 is 0 Å². The van der Waals surface area contributed by atoms with Crippen LogP contribution >= 0.6 is 0 Å². The highest BCUT2D eigenvalue weighted by atomic mass is 15.3. The van der Waals surface area contributed by atoms with Crippen LogP contribution in [0.5, 0.6) is 0 Å². The quantitative estimate of drug-likeness (QED) is 0.733. The Bertz CT molecular complexity index is 667. The average molecular weight is 243 g/mol. The van der Waals surface area contributed by atoms with E-state index in [0.29, 0.717) is 11.7 Å². The van der Waals surface area contributed by atoms with Crippen molar-refractivity contribution >= 4 is 22.5 Å². The average Bonchev–Trinajstić information content (AvgIpc) is 2.97. The van der Waals surface area contributed by atoms with Crippen molar-refractivity contribution in [1.82, 2.24) is 29.9 Å². The predicted octanol–water partition coefficient (Wildman–Crippen LogP) is 1.87. The summed E-state index contributed by atoms with van der Waals surface area (Å²) in [6.07, 6.45) is 6.91. The largest absolute Gasteiger partial charge is 0.337 e. The molecule has 0 saturated carbocycles. The van der Waals surface area contributed by atoms with E-state index in [2.05, 4.69) is 44.4 Å². The lowest BCUT2D eigenvalue weighted by molar-refractivity contribution is 0.532. The van der Waals surface area contributed by atoms with Crippen molar-refractivity contribution in [2.75, 3.05) is 5.32 Å². The van der Waals surface area contributed by atoms with E-state index in [1.165, 1.54) is 6.33 Å². The maximum Gasteiger partial charge on any atom is 0.160 e. The number of rotatable bonds is 3. The molecule has 0 radical (unpaired) electrons. The molecule has 7 nitrogen and oxygen atoms in total.